The molecule has 2 rings (SSSR count). The van der Waals surface area contributed by atoms with Crippen LogP contribution in [0.1, 0.15) is 57.6 Å². The number of hydrogen-bond donors (Lipinski definition) is 1. The minimum Gasteiger partial charge on any atom is -0.384 e. The summed E-state index contributed by atoms with van der Waals surface area (Å²) in [6.07, 6.45) is 9.47. The monoisotopic (exact) mass is 284 g/mol. The molecule has 1 aromatic heterocycles. The van der Waals surface area contributed by atoms with Crippen LogP contribution in [0.15, 0.2) is 30.3 Å². The first kappa shape index (κ1) is 15.8. The molecule has 0 aliphatic carbocycles. The first-order valence-electron chi connectivity index (χ1n) is 8.41. The molecule has 0 aliphatic heterocycles. The van der Waals surface area contributed by atoms with Gasteiger partial charge >= 0.3 is 0 Å². The summed E-state index contributed by atoms with van der Waals surface area (Å²) < 4.78 is 0. The number of aromatic nitrogens is 1. The summed E-state index contributed by atoms with van der Waals surface area (Å²) >= 11 is 0. The normalized spacial score (nSPS) is 11.0. The lowest BCUT2D eigenvalue weighted by Crippen LogP contribution is -2.03. The van der Waals surface area contributed by atoms with Gasteiger partial charge in [-0.15, -0.1) is 0 Å². The highest BCUT2D eigenvalue weighted by Gasteiger charge is 2.02. The SMILES string of the molecule is CCCCCCCCCNc1cc(C)nc2ccccc12. The Kier molecular flexibility index (Phi) is 6.52. The predicted molar refractivity (Wildman–Crippen MR) is 93.0 cm³/mol. The molecule has 0 unspecified atom stereocenters. The van der Waals surface area contributed by atoms with Crippen molar-refractivity contribution >= 4 is 16.6 Å². The van der Waals surface area contributed by atoms with E-state index >= 15 is 0 Å². The number of pyridine rings is 1. The standard InChI is InChI=1S/C19H28N2/c1-3-4-5-6-7-8-11-14-20-19-15-16(2)21-18-13-10-9-12-17(18)19/h9-10,12-13,15H,3-8,11,14H2,1-2H3,(H,20,21). The van der Waals surface area contributed by atoms with Crippen LogP contribution in [0.2, 0.25) is 0 Å². The number of rotatable bonds is 9. The summed E-state index contributed by atoms with van der Waals surface area (Å²) in [7, 11) is 0. The van der Waals surface area contributed by atoms with E-state index in [1.54, 1.807) is 0 Å². The van der Waals surface area contributed by atoms with E-state index in [-0.39, 0.29) is 0 Å². The highest BCUT2D eigenvalue weighted by Crippen LogP contribution is 2.22. The van der Waals surface area contributed by atoms with Gasteiger partial charge in [0.1, 0.15) is 0 Å². The molecule has 2 aromatic rings. The van der Waals surface area contributed by atoms with E-state index in [9.17, 15) is 0 Å². The molecule has 0 radical (unpaired) electrons. The van der Waals surface area contributed by atoms with Gasteiger partial charge in [-0.05, 0) is 25.5 Å². The van der Waals surface area contributed by atoms with Crippen molar-refractivity contribution in [1.82, 2.24) is 4.98 Å². The molecule has 21 heavy (non-hydrogen) atoms. The summed E-state index contributed by atoms with van der Waals surface area (Å²) in [6, 6.07) is 10.5. The number of unbranched alkanes of at least 4 members (excludes halogenated alkanes) is 6. The molecule has 0 fully saturated rings. The van der Waals surface area contributed by atoms with Gasteiger partial charge in [-0.25, -0.2) is 0 Å². The van der Waals surface area contributed by atoms with E-state index in [1.165, 1.54) is 56.0 Å². The second-order valence-corrected chi connectivity index (χ2v) is 5.88. The Morgan fingerprint density at radius 2 is 1.67 bits per heavy atom. The topological polar surface area (TPSA) is 24.9 Å². The molecule has 0 bridgehead atoms. The Bertz CT molecular complexity index is 548. The summed E-state index contributed by atoms with van der Waals surface area (Å²) in [5.74, 6) is 0. The second kappa shape index (κ2) is 8.66. The van der Waals surface area contributed by atoms with Gasteiger partial charge in [-0.2, -0.15) is 0 Å². The fourth-order valence-electron chi connectivity index (χ4n) is 2.76. The molecular formula is C19H28N2. The lowest BCUT2D eigenvalue weighted by molar-refractivity contribution is 0.596. The van der Waals surface area contributed by atoms with Gasteiger partial charge in [0, 0.05) is 23.3 Å². The van der Waals surface area contributed by atoms with Crippen LogP contribution >= 0.6 is 0 Å². The van der Waals surface area contributed by atoms with Crippen LogP contribution in [-0.4, -0.2) is 11.5 Å². The van der Waals surface area contributed by atoms with Crippen LogP contribution in [0.3, 0.4) is 0 Å². The van der Waals surface area contributed by atoms with Crippen LogP contribution in [0.25, 0.3) is 10.9 Å². The number of benzene rings is 1. The fourth-order valence-corrected chi connectivity index (χ4v) is 2.76. The number of nitrogens with one attached hydrogen (secondary N) is 1. The molecule has 0 aliphatic rings. The second-order valence-electron chi connectivity index (χ2n) is 5.88. The molecular weight excluding hydrogens is 256 g/mol. The summed E-state index contributed by atoms with van der Waals surface area (Å²) in [4.78, 5) is 4.58. The van der Waals surface area contributed by atoms with Gasteiger partial charge < -0.3 is 5.32 Å². The first-order chi connectivity index (χ1) is 10.3. The summed E-state index contributed by atoms with van der Waals surface area (Å²) in [5.41, 5.74) is 3.39. The Morgan fingerprint density at radius 1 is 0.952 bits per heavy atom. The third-order valence-electron chi connectivity index (χ3n) is 3.94. The zero-order valence-corrected chi connectivity index (χ0v) is 13.5. The van der Waals surface area contributed by atoms with Crippen molar-refractivity contribution < 1.29 is 0 Å². The van der Waals surface area contributed by atoms with Gasteiger partial charge in [0.25, 0.3) is 0 Å². The van der Waals surface area contributed by atoms with E-state index in [4.69, 9.17) is 0 Å². The van der Waals surface area contributed by atoms with Crippen molar-refractivity contribution in [3.8, 4) is 0 Å². The number of para-hydroxylation sites is 1. The Labute approximate surface area is 129 Å². The molecule has 1 N–H and O–H groups in total. The maximum absolute atomic E-state index is 4.58. The van der Waals surface area contributed by atoms with Crippen LogP contribution in [0.5, 0.6) is 0 Å². The third-order valence-corrected chi connectivity index (χ3v) is 3.94. The minimum absolute atomic E-state index is 1.06. The lowest BCUT2D eigenvalue weighted by Gasteiger charge is -2.10. The van der Waals surface area contributed by atoms with Crippen molar-refractivity contribution in [1.29, 1.82) is 0 Å². The van der Waals surface area contributed by atoms with Crippen molar-refractivity contribution in [2.24, 2.45) is 0 Å². The molecule has 0 saturated heterocycles. The zero-order chi connectivity index (χ0) is 14.9. The molecule has 0 saturated carbocycles. The number of aryl methyl sites for hydroxylation is 1. The maximum atomic E-state index is 4.58. The number of nitrogens with zero attached hydrogens (tertiary/aromatic N) is 1. The average molecular weight is 284 g/mol. The van der Waals surface area contributed by atoms with E-state index in [2.05, 4.69) is 54.5 Å². The number of anilines is 1. The Morgan fingerprint density at radius 3 is 2.48 bits per heavy atom. The van der Waals surface area contributed by atoms with Gasteiger partial charge in [-0.1, -0.05) is 63.6 Å². The summed E-state index contributed by atoms with van der Waals surface area (Å²) in [6.45, 7) is 5.39. The van der Waals surface area contributed by atoms with Crippen LogP contribution in [0, 0.1) is 6.92 Å². The quantitative estimate of drug-likeness (QED) is 0.597. The zero-order valence-electron chi connectivity index (χ0n) is 13.5. The molecule has 2 heteroatoms. The van der Waals surface area contributed by atoms with Crippen LogP contribution < -0.4 is 5.32 Å². The van der Waals surface area contributed by atoms with Gasteiger partial charge in [-0.3, -0.25) is 4.98 Å². The first-order valence-corrected chi connectivity index (χ1v) is 8.41. The molecule has 0 spiro atoms. The fraction of sp³-hybridized carbons (Fsp3) is 0.526. The van der Waals surface area contributed by atoms with E-state index in [1.807, 2.05) is 0 Å². The molecule has 2 nitrogen and oxygen atoms in total. The van der Waals surface area contributed by atoms with Crippen molar-refractivity contribution in [3.63, 3.8) is 0 Å². The Balaban J connectivity index is 1.78. The smallest absolute Gasteiger partial charge is 0.0725 e. The van der Waals surface area contributed by atoms with Crippen LogP contribution in [0.4, 0.5) is 5.69 Å². The highest BCUT2D eigenvalue weighted by atomic mass is 14.9. The van der Waals surface area contributed by atoms with Gasteiger partial charge in [0.05, 0.1) is 5.52 Å². The van der Waals surface area contributed by atoms with Crippen LogP contribution in [-0.2, 0) is 0 Å². The number of hydrogen-bond acceptors (Lipinski definition) is 2. The Hall–Kier alpha value is -1.57. The molecule has 1 heterocycles. The number of fused-ring (bicyclic) bond motifs is 1. The van der Waals surface area contributed by atoms with Crippen molar-refractivity contribution in [2.75, 3.05) is 11.9 Å². The van der Waals surface area contributed by atoms with Crippen molar-refractivity contribution in [2.45, 2.75) is 58.8 Å². The highest BCUT2D eigenvalue weighted by molar-refractivity contribution is 5.91. The van der Waals surface area contributed by atoms with Crippen molar-refractivity contribution in [3.05, 3.63) is 36.0 Å². The van der Waals surface area contributed by atoms with E-state index < -0.39 is 0 Å². The molecule has 0 amide bonds. The maximum Gasteiger partial charge on any atom is 0.0725 e. The molecule has 1 aromatic carbocycles. The lowest BCUT2D eigenvalue weighted by atomic mass is 10.1. The molecule has 0 atom stereocenters. The third kappa shape index (κ3) is 5.04. The van der Waals surface area contributed by atoms with E-state index in [0.717, 1.165) is 17.8 Å². The van der Waals surface area contributed by atoms with Gasteiger partial charge in [0.15, 0.2) is 0 Å². The van der Waals surface area contributed by atoms with Gasteiger partial charge in [0.2, 0.25) is 0 Å². The summed E-state index contributed by atoms with van der Waals surface area (Å²) in [5, 5.41) is 4.82. The predicted octanol–water partition coefficient (Wildman–Crippen LogP) is 5.71. The average Bonchev–Trinajstić information content (AvgIpc) is 2.49. The minimum atomic E-state index is 1.06. The largest absolute Gasteiger partial charge is 0.384 e. The molecule has 114 valence electrons. The van der Waals surface area contributed by atoms with E-state index in [0.29, 0.717) is 0 Å².